The molecule has 4 rings (SSSR count). The molecule has 1 aliphatic heterocycles. The van der Waals surface area contributed by atoms with E-state index in [-0.39, 0.29) is 6.61 Å². The average Bonchev–Trinajstić information content (AvgIpc) is 2.94. The molecule has 2 heterocycles. The molecular weight excluding hydrogens is 330 g/mol. The van der Waals surface area contributed by atoms with Gasteiger partial charge in [0.15, 0.2) is 4.77 Å². The number of aliphatic hydroxyl groups excluding tert-OH is 1. The fourth-order valence-electron chi connectivity index (χ4n) is 3.80. The number of benzene rings is 2. The van der Waals surface area contributed by atoms with Crippen molar-refractivity contribution < 1.29 is 5.11 Å². The van der Waals surface area contributed by atoms with Crippen LogP contribution in [0.3, 0.4) is 0 Å². The molecule has 1 unspecified atom stereocenters. The molecule has 1 aromatic heterocycles. The molecule has 1 fully saturated rings. The van der Waals surface area contributed by atoms with Crippen LogP contribution in [0.25, 0.3) is 16.7 Å². The number of hydrogen-bond donors (Lipinski definition) is 1. The molecule has 0 bridgehead atoms. The molecule has 0 spiro atoms. The second-order valence-corrected chi connectivity index (χ2v) is 7.14. The Morgan fingerprint density at radius 3 is 2.48 bits per heavy atom. The van der Waals surface area contributed by atoms with Crippen LogP contribution < -0.4 is 0 Å². The SMILES string of the molecule is OCC1CCCN(Cn2c(=S)n(-c3ccccc3)c3ccccc32)C1. The third-order valence-electron chi connectivity index (χ3n) is 5.05. The van der Waals surface area contributed by atoms with Crippen molar-refractivity contribution in [1.29, 1.82) is 0 Å². The summed E-state index contributed by atoms with van der Waals surface area (Å²) in [5, 5.41) is 9.50. The molecule has 0 saturated carbocycles. The number of piperidine rings is 1. The van der Waals surface area contributed by atoms with E-state index in [1.165, 1.54) is 0 Å². The Kier molecular flexibility index (Phi) is 4.70. The first-order chi connectivity index (χ1) is 12.3. The van der Waals surface area contributed by atoms with Crippen LogP contribution in [0.15, 0.2) is 54.6 Å². The zero-order valence-electron chi connectivity index (χ0n) is 14.2. The van der Waals surface area contributed by atoms with Gasteiger partial charge in [-0.3, -0.25) is 9.47 Å². The molecule has 25 heavy (non-hydrogen) atoms. The van der Waals surface area contributed by atoms with Gasteiger partial charge in [0.25, 0.3) is 0 Å². The molecule has 5 heteroatoms. The Bertz CT molecular complexity index is 916. The molecule has 3 aromatic rings. The van der Waals surface area contributed by atoms with Crippen molar-refractivity contribution >= 4 is 23.3 Å². The molecule has 1 atom stereocenters. The van der Waals surface area contributed by atoms with Gasteiger partial charge in [-0.15, -0.1) is 0 Å². The van der Waals surface area contributed by atoms with Crippen LogP contribution >= 0.6 is 12.2 Å². The van der Waals surface area contributed by atoms with Crippen molar-refractivity contribution in [3.63, 3.8) is 0 Å². The second kappa shape index (κ2) is 7.12. The summed E-state index contributed by atoms with van der Waals surface area (Å²) in [6.45, 7) is 3.04. The number of hydrogen-bond acceptors (Lipinski definition) is 3. The van der Waals surface area contributed by atoms with Gasteiger partial charge in [0.05, 0.1) is 17.7 Å². The maximum atomic E-state index is 9.50. The maximum Gasteiger partial charge on any atom is 0.186 e. The standard InChI is InChI=1S/C20H23N3OS/c24-14-16-7-6-12-21(13-16)15-22-18-10-4-5-11-19(18)23(20(22)25)17-8-2-1-3-9-17/h1-5,8-11,16,24H,6-7,12-15H2. The Hall–Kier alpha value is -1.95. The van der Waals surface area contributed by atoms with E-state index in [0.29, 0.717) is 5.92 Å². The lowest BCUT2D eigenvalue weighted by Crippen LogP contribution is -2.37. The molecule has 130 valence electrons. The summed E-state index contributed by atoms with van der Waals surface area (Å²) in [7, 11) is 0. The number of aliphatic hydroxyl groups is 1. The van der Waals surface area contributed by atoms with Gasteiger partial charge in [0.2, 0.25) is 0 Å². The molecule has 0 radical (unpaired) electrons. The summed E-state index contributed by atoms with van der Waals surface area (Å²) in [6.07, 6.45) is 2.25. The minimum Gasteiger partial charge on any atom is -0.396 e. The van der Waals surface area contributed by atoms with Crippen LogP contribution in [0.5, 0.6) is 0 Å². The van der Waals surface area contributed by atoms with E-state index in [2.05, 4.69) is 50.4 Å². The smallest absolute Gasteiger partial charge is 0.186 e. The van der Waals surface area contributed by atoms with E-state index in [9.17, 15) is 5.11 Å². The van der Waals surface area contributed by atoms with Crippen molar-refractivity contribution in [2.75, 3.05) is 19.7 Å². The summed E-state index contributed by atoms with van der Waals surface area (Å²) in [6, 6.07) is 18.7. The first-order valence-corrected chi connectivity index (χ1v) is 9.27. The highest BCUT2D eigenvalue weighted by molar-refractivity contribution is 7.71. The highest BCUT2D eigenvalue weighted by Crippen LogP contribution is 2.24. The molecular formula is C20H23N3OS. The number of imidazole rings is 1. The Morgan fingerprint density at radius 2 is 1.72 bits per heavy atom. The van der Waals surface area contributed by atoms with Crippen LogP contribution in [0.1, 0.15) is 12.8 Å². The molecule has 0 aliphatic carbocycles. The average molecular weight is 353 g/mol. The quantitative estimate of drug-likeness (QED) is 0.724. The normalized spacial score (nSPS) is 18.7. The lowest BCUT2D eigenvalue weighted by atomic mass is 9.99. The first kappa shape index (κ1) is 16.5. The van der Waals surface area contributed by atoms with Gasteiger partial charge >= 0.3 is 0 Å². The highest BCUT2D eigenvalue weighted by Gasteiger charge is 2.21. The highest BCUT2D eigenvalue weighted by atomic mass is 32.1. The van der Waals surface area contributed by atoms with Crippen molar-refractivity contribution in [3.8, 4) is 5.69 Å². The van der Waals surface area contributed by atoms with Crippen LogP contribution in [-0.2, 0) is 6.67 Å². The number of aromatic nitrogens is 2. The van der Waals surface area contributed by atoms with Crippen LogP contribution in [0.2, 0.25) is 0 Å². The van der Waals surface area contributed by atoms with Gasteiger partial charge in [-0.1, -0.05) is 30.3 Å². The molecule has 1 aliphatic rings. The number of likely N-dealkylation sites (tertiary alicyclic amines) is 1. The number of rotatable bonds is 4. The summed E-state index contributed by atoms with van der Waals surface area (Å²) in [5.74, 6) is 0.380. The van der Waals surface area contributed by atoms with Gasteiger partial charge in [-0.05, 0) is 61.8 Å². The van der Waals surface area contributed by atoms with Gasteiger partial charge in [-0.25, -0.2) is 0 Å². The fraction of sp³-hybridized carbons (Fsp3) is 0.350. The van der Waals surface area contributed by atoms with Crippen molar-refractivity contribution in [1.82, 2.24) is 14.0 Å². The Labute approximate surface area is 152 Å². The van der Waals surface area contributed by atoms with E-state index in [4.69, 9.17) is 12.2 Å². The minimum atomic E-state index is 0.272. The first-order valence-electron chi connectivity index (χ1n) is 8.87. The molecule has 2 aromatic carbocycles. The topological polar surface area (TPSA) is 33.3 Å². The van der Waals surface area contributed by atoms with Gasteiger partial charge in [0.1, 0.15) is 0 Å². The number of para-hydroxylation sites is 3. The molecule has 4 nitrogen and oxygen atoms in total. The predicted octanol–water partition coefficient (Wildman–Crippen LogP) is 3.82. The van der Waals surface area contributed by atoms with E-state index < -0.39 is 0 Å². The lowest BCUT2D eigenvalue weighted by molar-refractivity contribution is 0.0990. The van der Waals surface area contributed by atoms with Crippen LogP contribution in [0, 0.1) is 10.7 Å². The summed E-state index contributed by atoms with van der Waals surface area (Å²) in [5.41, 5.74) is 3.38. The lowest BCUT2D eigenvalue weighted by Gasteiger charge is -2.32. The summed E-state index contributed by atoms with van der Waals surface area (Å²) in [4.78, 5) is 2.40. The zero-order chi connectivity index (χ0) is 17.2. The summed E-state index contributed by atoms with van der Waals surface area (Å²) < 4.78 is 5.19. The van der Waals surface area contributed by atoms with Crippen LogP contribution in [-0.4, -0.2) is 38.8 Å². The molecule has 1 saturated heterocycles. The van der Waals surface area contributed by atoms with E-state index >= 15 is 0 Å². The monoisotopic (exact) mass is 353 g/mol. The van der Waals surface area contributed by atoms with Crippen molar-refractivity contribution in [3.05, 3.63) is 59.4 Å². The largest absolute Gasteiger partial charge is 0.396 e. The van der Waals surface area contributed by atoms with Crippen molar-refractivity contribution in [2.24, 2.45) is 5.92 Å². The number of fused-ring (bicyclic) bond motifs is 1. The van der Waals surface area contributed by atoms with E-state index in [0.717, 1.165) is 54.1 Å². The van der Waals surface area contributed by atoms with Gasteiger partial charge in [-0.2, -0.15) is 0 Å². The molecule has 0 amide bonds. The van der Waals surface area contributed by atoms with Crippen molar-refractivity contribution in [2.45, 2.75) is 19.5 Å². The Balaban J connectivity index is 1.77. The van der Waals surface area contributed by atoms with Gasteiger partial charge in [0, 0.05) is 18.8 Å². The predicted molar refractivity (Wildman–Crippen MR) is 103 cm³/mol. The van der Waals surface area contributed by atoms with E-state index in [1.807, 2.05) is 18.2 Å². The third kappa shape index (κ3) is 3.15. The third-order valence-corrected chi connectivity index (χ3v) is 5.46. The number of nitrogens with zero attached hydrogens (tertiary/aromatic N) is 3. The summed E-state index contributed by atoms with van der Waals surface area (Å²) >= 11 is 5.85. The zero-order valence-corrected chi connectivity index (χ0v) is 15.0. The fourth-order valence-corrected chi connectivity index (χ4v) is 4.16. The van der Waals surface area contributed by atoms with Crippen LogP contribution in [0.4, 0.5) is 0 Å². The minimum absolute atomic E-state index is 0.272. The van der Waals surface area contributed by atoms with E-state index in [1.54, 1.807) is 0 Å². The Morgan fingerprint density at radius 1 is 1.00 bits per heavy atom. The second-order valence-electron chi connectivity index (χ2n) is 6.78. The van der Waals surface area contributed by atoms with Gasteiger partial charge < -0.3 is 9.67 Å². The molecule has 1 N–H and O–H groups in total. The maximum absolute atomic E-state index is 9.50.